The summed E-state index contributed by atoms with van der Waals surface area (Å²) in [4.78, 5) is 24.9. The Morgan fingerprint density at radius 2 is 1.81 bits per heavy atom. The smallest absolute Gasteiger partial charge is 0.339 e. The standard InChI is InChI=1S/C22H27NO4/c1-6-14(2)18-9-7-8-10-19(18)23-21(24)16(4)27-22(25)17-12-11-15(3)20(13-17)26-5/h7-14,16H,6H2,1-5H3,(H,23,24)/t14-,16-/m0/s1. The summed E-state index contributed by atoms with van der Waals surface area (Å²) in [5.74, 6) is -0.00671. The molecule has 0 aliphatic heterocycles. The first kappa shape index (κ1) is 20.5. The summed E-state index contributed by atoms with van der Waals surface area (Å²) >= 11 is 0. The third-order valence-corrected chi connectivity index (χ3v) is 4.66. The first-order chi connectivity index (χ1) is 12.9. The first-order valence-corrected chi connectivity index (χ1v) is 9.12. The number of hydrogen-bond acceptors (Lipinski definition) is 4. The highest BCUT2D eigenvalue weighted by atomic mass is 16.5. The van der Waals surface area contributed by atoms with E-state index >= 15 is 0 Å². The maximum atomic E-state index is 12.5. The van der Waals surface area contributed by atoms with Crippen molar-refractivity contribution >= 4 is 17.6 Å². The molecule has 1 amide bonds. The second-order valence-electron chi connectivity index (χ2n) is 6.62. The van der Waals surface area contributed by atoms with E-state index in [-0.39, 0.29) is 5.91 Å². The molecule has 0 aromatic heterocycles. The number of carbonyl (C=O) groups is 2. The van der Waals surface area contributed by atoms with Crippen molar-refractivity contribution in [3.8, 4) is 5.75 Å². The van der Waals surface area contributed by atoms with Crippen molar-refractivity contribution in [2.45, 2.75) is 46.1 Å². The van der Waals surface area contributed by atoms with Crippen LogP contribution >= 0.6 is 0 Å². The van der Waals surface area contributed by atoms with E-state index in [4.69, 9.17) is 9.47 Å². The first-order valence-electron chi connectivity index (χ1n) is 9.12. The van der Waals surface area contributed by atoms with Crippen LogP contribution in [0.4, 0.5) is 5.69 Å². The van der Waals surface area contributed by atoms with Crippen molar-refractivity contribution in [2.75, 3.05) is 12.4 Å². The van der Waals surface area contributed by atoms with Crippen molar-refractivity contribution in [1.82, 2.24) is 0 Å². The number of ether oxygens (including phenoxy) is 2. The van der Waals surface area contributed by atoms with Gasteiger partial charge in [0.05, 0.1) is 12.7 Å². The predicted molar refractivity (Wildman–Crippen MR) is 106 cm³/mol. The topological polar surface area (TPSA) is 64.6 Å². The number of hydrogen-bond donors (Lipinski definition) is 1. The molecule has 5 heteroatoms. The summed E-state index contributed by atoms with van der Waals surface area (Å²) in [6.45, 7) is 7.66. The van der Waals surface area contributed by atoms with Crippen molar-refractivity contribution < 1.29 is 19.1 Å². The molecule has 0 fully saturated rings. The van der Waals surface area contributed by atoms with Crippen molar-refractivity contribution in [3.05, 3.63) is 59.2 Å². The number of rotatable bonds is 7. The van der Waals surface area contributed by atoms with Crippen LogP contribution in [0.2, 0.25) is 0 Å². The highest BCUT2D eigenvalue weighted by Crippen LogP contribution is 2.26. The Kier molecular flexibility index (Phi) is 6.99. The number of para-hydroxylation sites is 1. The lowest BCUT2D eigenvalue weighted by molar-refractivity contribution is -0.123. The highest BCUT2D eigenvalue weighted by molar-refractivity contribution is 5.98. The summed E-state index contributed by atoms with van der Waals surface area (Å²) in [5, 5.41) is 2.87. The van der Waals surface area contributed by atoms with E-state index in [2.05, 4.69) is 19.2 Å². The van der Waals surface area contributed by atoms with Crippen LogP contribution in [0.5, 0.6) is 5.75 Å². The molecule has 2 rings (SSSR count). The van der Waals surface area contributed by atoms with E-state index < -0.39 is 12.1 Å². The van der Waals surface area contributed by atoms with Gasteiger partial charge in [-0.15, -0.1) is 0 Å². The molecule has 0 radical (unpaired) electrons. The van der Waals surface area contributed by atoms with E-state index in [1.54, 1.807) is 32.2 Å². The van der Waals surface area contributed by atoms with Crippen LogP contribution in [0.25, 0.3) is 0 Å². The van der Waals surface area contributed by atoms with Gasteiger partial charge in [-0.05, 0) is 55.5 Å². The lowest BCUT2D eigenvalue weighted by Gasteiger charge is -2.18. The molecule has 2 aromatic rings. The van der Waals surface area contributed by atoms with E-state index in [0.717, 1.165) is 23.2 Å². The lowest BCUT2D eigenvalue weighted by atomic mass is 9.97. The Bertz CT molecular complexity index is 816. The van der Waals surface area contributed by atoms with E-state index in [1.165, 1.54) is 0 Å². The Balaban J connectivity index is 2.07. The molecule has 5 nitrogen and oxygen atoms in total. The quantitative estimate of drug-likeness (QED) is 0.719. The average molecular weight is 369 g/mol. The molecule has 0 unspecified atom stereocenters. The largest absolute Gasteiger partial charge is 0.496 e. The van der Waals surface area contributed by atoms with Gasteiger partial charge in [0.1, 0.15) is 5.75 Å². The summed E-state index contributed by atoms with van der Waals surface area (Å²) in [5.41, 5.74) is 3.07. The van der Waals surface area contributed by atoms with Gasteiger partial charge in [-0.3, -0.25) is 4.79 Å². The number of benzene rings is 2. The van der Waals surface area contributed by atoms with Crippen LogP contribution in [0.3, 0.4) is 0 Å². The third-order valence-electron chi connectivity index (χ3n) is 4.66. The molecule has 0 aliphatic carbocycles. The molecule has 0 saturated carbocycles. The number of amides is 1. The molecule has 27 heavy (non-hydrogen) atoms. The zero-order valence-electron chi connectivity index (χ0n) is 16.5. The normalized spacial score (nSPS) is 12.8. The molecule has 2 aromatic carbocycles. The molecule has 0 spiro atoms. The predicted octanol–water partition coefficient (Wildman–Crippen LogP) is 4.70. The van der Waals surface area contributed by atoms with Crippen LogP contribution in [0.1, 0.15) is 54.6 Å². The minimum absolute atomic E-state index is 0.319. The molecule has 0 saturated heterocycles. The zero-order chi connectivity index (χ0) is 20.0. The molecular formula is C22H27NO4. The van der Waals surface area contributed by atoms with Crippen LogP contribution < -0.4 is 10.1 Å². The van der Waals surface area contributed by atoms with Crippen molar-refractivity contribution in [2.24, 2.45) is 0 Å². The van der Waals surface area contributed by atoms with Gasteiger partial charge >= 0.3 is 5.97 Å². The van der Waals surface area contributed by atoms with Gasteiger partial charge in [0.15, 0.2) is 6.10 Å². The number of aryl methyl sites for hydroxylation is 1. The monoisotopic (exact) mass is 369 g/mol. The van der Waals surface area contributed by atoms with Crippen LogP contribution in [0.15, 0.2) is 42.5 Å². The minimum atomic E-state index is -0.921. The summed E-state index contributed by atoms with van der Waals surface area (Å²) in [6.07, 6.45) is 0.0435. The van der Waals surface area contributed by atoms with E-state index in [1.807, 2.05) is 31.2 Å². The molecule has 0 aliphatic rings. The zero-order valence-corrected chi connectivity index (χ0v) is 16.5. The molecule has 0 heterocycles. The van der Waals surface area contributed by atoms with Crippen LogP contribution in [-0.4, -0.2) is 25.1 Å². The molecular weight excluding hydrogens is 342 g/mol. The lowest BCUT2D eigenvalue weighted by Crippen LogP contribution is -2.30. The van der Waals surface area contributed by atoms with Gasteiger partial charge in [-0.2, -0.15) is 0 Å². The van der Waals surface area contributed by atoms with Gasteiger partial charge in [-0.25, -0.2) is 4.79 Å². The van der Waals surface area contributed by atoms with E-state index in [9.17, 15) is 9.59 Å². The van der Waals surface area contributed by atoms with Gasteiger partial charge in [0, 0.05) is 5.69 Å². The SMILES string of the molecule is CC[C@H](C)c1ccccc1NC(=O)[C@H](C)OC(=O)c1ccc(C)c(OC)c1. The summed E-state index contributed by atoms with van der Waals surface area (Å²) in [6, 6.07) is 12.7. The summed E-state index contributed by atoms with van der Waals surface area (Å²) < 4.78 is 10.6. The fourth-order valence-corrected chi connectivity index (χ4v) is 2.72. The van der Waals surface area contributed by atoms with Gasteiger partial charge in [0.25, 0.3) is 5.91 Å². The number of anilines is 1. The number of nitrogens with one attached hydrogen (secondary N) is 1. The van der Waals surface area contributed by atoms with Gasteiger partial charge in [-0.1, -0.05) is 38.1 Å². The fraction of sp³-hybridized carbons (Fsp3) is 0.364. The van der Waals surface area contributed by atoms with Crippen LogP contribution in [0, 0.1) is 6.92 Å². The maximum absolute atomic E-state index is 12.5. The highest BCUT2D eigenvalue weighted by Gasteiger charge is 2.21. The molecule has 1 N–H and O–H groups in total. The fourth-order valence-electron chi connectivity index (χ4n) is 2.72. The maximum Gasteiger partial charge on any atom is 0.339 e. The average Bonchev–Trinajstić information content (AvgIpc) is 2.67. The van der Waals surface area contributed by atoms with Crippen molar-refractivity contribution in [3.63, 3.8) is 0 Å². The van der Waals surface area contributed by atoms with E-state index in [0.29, 0.717) is 17.2 Å². The molecule has 2 atom stereocenters. The third kappa shape index (κ3) is 5.09. The number of methoxy groups -OCH3 is 1. The summed E-state index contributed by atoms with van der Waals surface area (Å²) in [7, 11) is 1.54. The number of esters is 1. The minimum Gasteiger partial charge on any atom is -0.496 e. The Morgan fingerprint density at radius 3 is 2.48 bits per heavy atom. The number of carbonyl (C=O) groups excluding carboxylic acids is 2. The Morgan fingerprint density at radius 1 is 1.11 bits per heavy atom. The second-order valence-corrected chi connectivity index (χ2v) is 6.62. The molecule has 144 valence electrons. The second kappa shape index (κ2) is 9.21. The van der Waals surface area contributed by atoms with Gasteiger partial charge in [0.2, 0.25) is 0 Å². The van der Waals surface area contributed by atoms with Crippen LogP contribution in [-0.2, 0) is 9.53 Å². The van der Waals surface area contributed by atoms with Crippen molar-refractivity contribution in [1.29, 1.82) is 0 Å². The van der Waals surface area contributed by atoms with Gasteiger partial charge < -0.3 is 14.8 Å². The Hall–Kier alpha value is -2.82. The Labute approximate surface area is 160 Å². The molecule has 0 bridgehead atoms.